The van der Waals surface area contributed by atoms with Gasteiger partial charge >= 0.3 is 0 Å². The van der Waals surface area contributed by atoms with Crippen molar-refractivity contribution >= 4 is 0 Å². The molecule has 3 aliphatic heterocycles. The van der Waals surface area contributed by atoms with Crippen LogP contribution in [-0.4, -0.2) is 38.7 Å². The van der Waals surface area contributed by atoms with Crippen LogP contribution in [0.25, 0.3) is 33.4 Å². The third-order valence-electron chi connectivity index (χ3n) is 10.1. The van der Waals surface area contributed by atoms with Crippen molar-refractivity contribution in [3.05, 3.63) is 90.0 Å². The Kier molecular flexibility index (Phi) is 11.4. The molecule has 4 aromatic rings. The summed E-state index contributed by atoms with van der Waals surface area (Å²) < 4.78 is 36.2. The minimum atomic E-state index is -0.178. The lowest BCUT2D eigenvalue weighted by Crippen LogP contribution is -2.24. The summed E-state index contributed by atoms with van der Waals surface area (Å²) in [4.78, 5) is 0. The molecule has 264 valence electrons. The summed E-state index contributed by atoms with van der Waals surface area (Å²) in [5.41, 5.74) is 9.92. The van der Waals surface area contributed by atoms with Gasteiger partial charge in [-0.1, -0.05) is 63.2 Å². The van der Waals surface area contributed by atoms with E-state index < -0.39 is 0 Å². The van der Waals surface area contributed by atoms with Crippen molar-refractivity contribution < 1.29 is 28.4 Å². The second kappa shape index (κ2) is 16.5. The van der Waals surface area contributed by atoms with Crippen LogP contribution in [0.5, 0.6) is 17.2 Å². The Hall–Kier alpha value is -3.84. The van der Waals surface area contributed by atoms with Crippen LogP contribution in [0, 0.1) is 0 Å². The first kappa shape index (κ1) is 34.6. The van der Waals surface area contributed by atoms with Crippen LogP contribution in [0.2, 0.25) is 0 Å². The number of benzene rings is 4. The van der Waals surface area contributed by atoms with E-state index in [-0.39, 0.29) is 24.8 Å². The minimum absolute atomic E-state index is 0.165. The van der Waals surface area contributed by atoms with Crippen molar-refractivity contribution in [1.29, 1.82) is 0 Å². The lowest BCUT2D eigenvalue weighted by molar-refractivity contribution is -0.106. The molecular formula is C44H52O6. The van der Waals surface area contributed by atoms with Crippen LogP contribution in [0.3, 0.4) is 0 Å². The highest BCUT2D eigenvalue weighted by Crippen LogP contribution is 2.46. The molecule has 0 aromatic heterocycles. The molecule has 6 heteroatoms. The van der Waals surface area contributed by atoms with E-state index in [0.29, 0.717) is 0 Å². The predicted octanol–water partition coefficient (Wildman–Crippen LogP) is 11.1. The van der Waals surface area contributed by atoms with Gasteiger partial charge in [0, 0.05) is 19.3 Å². The van der Waals surface area contributed by atoms with Gasteiger partial charge in [-0.05, 0) is 132 Å². The Bertz CT molecular complexity index is 1660. The first-order valence-corrected chi connectivity index (χ1v) is 18.9. The highest BCUT2D eigenvalue weighted by atomic mass is 16.7. The molecule has 6 nitrogen and oxygen atoms in total. The Morgan fingerprint density at radius 2 is 0.940 bits per heavy atom. The first-order valence-electron chi connectivity index (χ1n) is 18.9. The van der Waals surface area contributed by atoms with E-state index in [1.807, 2.05) is 0 Å². The van der Waals surface area contributed by atoms with E-state index >= 15 is 0 Å². The van der Waals surface area contributed by atoms with E-state index in [4.69, 9.17) is 28.4 Å². The van der Waals surface area contributed by atoms with Crippen LogP contribution in [0.15, 0.2) is 78.9 Å². The summed E-state index contributed by atoms with van der Waals surface area (Å²) in [5.74, 6) is 2.78. The molecule has 3 unspecified atom stereocenters. The van der Waals surface area contributed by atoms with Crippen LogP contribution in [0.1, 0.15) is 95.6 Å². The molecule has 0 N–H and O–H groups in total. The van der Waals surface area contributed by atoms with Gasteiger partial charge in [0.2, 0.25) is 0 Å². The topological polar surface area (TPSA) is 55.4 Å². The van der Waals surface area contributed by atoms with Crippen LogP contribution in [0.4, 0.5) is 0 Å². The highest BCUT2D eigenvalue weighted by molar-refractivity contribution is 5.93. The zero-order valence-corrected chi connectivity index (χ0v) is 30.0. The predicted molar refractivity (Wildman–Crippen MR) is 199 cm³/mol. The van der Waals surface area contributed by atoms with Gasteiger partial charge in [-0.25, -0.2) is 0 Å². The molecule has 3 fully saturated rings. The number of hydrogen-bond acceptors (Lipinski definition) is 6. The molecule has 50 heavy (non-hydrogen) atoms. The summed E-state index contributed by atoms with van der Waals surface area (Å²) in [7, 11) is 0. The number of hydrogen-bond donors (Lipinski definition) is 0. The average molecular weight is 677 g/mol. The molecule has 7 rings (SSSR count). The zero-order valence-electron chi connectivity index (χ0n) is 30.0. The summed E-state index contributed by atoms with van der Waals surface area (Å²) >= 11 is 0. The van der Waals surface area contributed by atoms with Crippen LogP contribution in [-0.2, 0) is 20.6 Å². The quantitative estimate of drug-likeness (QED) is 0.158. The van der Waals surface area contributed by atoms with Crippen molar-refractivity contribution in [1.82, 2.24) is 0 Å². The Labute approximate surface area is 298 Å². The fourth-order valence-corrected chi connectivity index (χ4v) is 7.48. The Morgan fingerprint density at radius 3 is 1.30 bits per heavy atom. The van der Waals surface area contributed by atoms with E-state index in [2.05, 4.69) is 99.6 Å². The average Bonchev–Trinajstić information content (AvgIpc) is 3.16. The smallest absolute Gasteiger partial charge is 0.199 e. The van der Waals surface area contributed by atoms with Gasteiger partial charge in [-0.2, -0.15) is 0 Å². The molecular weight excluding hydrogens is 624 g/mol. The molecule has 4 aromatic carbocycles. The van der Waals surface area contributed by atoms with E-state index in [1.165, 1.54) is 44.5 Å². The van der Waals surface area contributed by atoms with Crippen molar-refractivity contribution in [3.8, 4) is 50.6 Å². The maximum absolute atomic E-state index is 6.25. The van der Waals surface area contributed by atoms with Gasteiger partial charge in [-0.15, -0.1) is 0 Å². The van der Waals surface area contributed by atoms with E-state index in [1.54, 1.807) is 0 Å². The van der Waals surface area contributed by atoms with E-state index in [0.717, 1.165) is 101 Å². The molecule has 0 radical (unpaired) electrons. The summed E-state index contributed by atoms with van der Waals surface area (Å²) in [6, 6.07) is 28.2. The molecule has 0 bridgehead atoms. The maximum atomic E-state index is 6.25. The summed E-state index contributed by atoms with van der Waals surface area (Å²) in [5, 5.41) is 0. The Balaban J connectivity index is 1.29. The van der Waals surface area contributed by atoms with Gasteiger partial charge in [0.15, 0.2) is 18.9 Å². The molecule has 3 saturated heterocycles. The lowest BCUT2D eigenvalue weighted by atomic mass is 9.78. The standard InChI is InChI=1S/C44H52O6/c1-4-31-29-38(32-14-20-35(21-15-32)48-39-11-5-8-26-45-39)42(30(2)3)44(34-18-24-37(25-19-34)50-41-13-7-10-28-47-41)43(31)33-16-22-36(23-17-33)49-40-12-6-9-27-46-40/h14-25,29-30,39-41H,4-13,26-28H2,1-3H3. The van der Waals surface area contributed by atoms with Gasteiger partial charge in [0.25, 0.3) is 0 Å². The normalized spacial score (nSPS) is 21.2. The highest BCUT2D eigenvalue weighted by Gasteiger charge is 2.24. The summed E-state index contributed by atoms with van der Waals surface area (Å²) in [6.07, 6.45) is 9.88. The van der Waals surface area contributed by atoms with Gasteiger partial charge in [0.1, 0.15) is 17.2 Å². The maximum Gasteiger partial charge on any atom is 0.199 e. The fourth-order valence-electron chi connectivity index (χ4n) is 7.48. The molecule has 0 saturated carbocycles. The van der Waals surface area contributed by atoms with Crippen LogP contribution >= 0.6 is 0 Å². The Morgan fingerprint density at radius 1 is 0.540 bits per heavy atom. The SMILES string of the molecule is CCc1cc(-c2ccc(OC3CCCCO3)cc2)c(C(C)C)c(-c2ccc(OC3CCCCO3)cc2)c1-c1ccc(OC2CCCCO2)cc1. The third-order valence-corrected chi connectivity index (χ3v) is 10.1. The van der Waals surface area contributed by atoms with Crippen LogP contribution < -0.4 is 14.2 Å². The molecule has 0 amide bonds. The number of aryl methyl sites for hydroxylation is 1. The van der Waals surface area contributed by atoms with Gasteiger partial charge in [0.05, 0.1) is 19.8 Å². The molecule has 0 spiro atoms. The van der Waals surface area contributed by atoms with Crippen molar-refractivity contribution in [2.75, 3.05) is 19.8 Å². The number of rotatable bonds is 11. The second-order valence-electron chi connectivity index (χ2n) is 14.1. The number of ether oxygens (including phenoxy) is 6. The van der Waals surface area contributed by atoms with Crippen molar-refractivity contribution in [2.45, 2.75) is 110 Å². The first-order chi connectivity index (χ1) is 24.6. The molecule has 3 atom stereocenters. The second-order valence-corrected chi connectivity index (χ2v) is 14.1. The third kappa shape index (κ3) is 8.20. The van der Waals surface area contributed by atoms with Crippen molar-refractivity contribution in [2.24, 2.45) is 0 Å². The fraction of sp³-hybridized carbons (Fsp3) is 0.455. The minimum Gasteiger partial charge on any atom is -0.465 e. The summed E-state index contributed by atoms with van der Waals surface area (Å²) in [6.45, 7) is 9.14. The van der Waals surface area contributed by atoms with Gasteiger partial charge < -0.3 is 28.4 Å². The van der Waals surface area contributed by atoms with E-state index in [9.17, 15) is 0 Å². The van der Waals surface area contributed by atoms with Gasteiger partial charge in [-0.3, -0.25) is 0 Å². The molecule has 3 heterocycles. The lowest BCUT2D eigenvalue weighted by Gasteiger charge is -2.27. The zero-order chi connectivity index (χ0) is 34.3. The molecule has 3 aliphatic rings. The molecule has 0 aliphatic carbocycles. The van der Waals surface area contributed by atoms with Crippen molar-refractivity contribution in [3.63, 3.8) is 0 Å². The monoisotopic (exact) mass is 676 g/mol. The largest absolute Gasteiger partial charge is 0.465 e.